The Hall–Kier alpha value is -1.39. The first-order valence-electron chi connectivity index (χ1n) is 7.03. The van der Waals surface area contributed by atoms with E-state index in [-0.39, 0.29) is 11.3 Å². The van der Waals surface area contributed by atoms with Gasteiger partial charge in [0.25, 0.3) is 0 Å². The van der Waals surface area contributed by atoms with Crippen LogP contribution in [-0.4, -0.2) is 37.5 Å². The Morgan fingerprint density at radius 3 is 2.45 bits per heavy atom. The van der Waals surface area contributed by atoms with Gasteiger partial charge in [-0.1, -0.05) is 43.7 Å². The highest BCUT2D eigenvalue weighted by atomic mass is 16.2. The molecule has 1 aromatic carbocycles. The minimum Gasteiger partial charge on any atom is -0.351 e. The fourth-order valence-corrected chi connectivity index (χ4v) is 2.06. The van der Waals surface area contributed by atoms with Crippen LogP contribution >= 0.6 is 0 Å². The average molecular weight is 277 g/mol. The molecule has 4 nitrogen and oxygen atoms in total. The van der Waals surface area contributed by atoms with Gasteiger partial charge in [0.1, 0.15) is 0 Å². The first-order chi connectivity index (χ1) is 9.32. The number of amides is 1. The Bertz CT molecular complexity index is 426. The van der Waals surface area contributed by atoms with Crippen molar-refractivity contribution >= 4 is 5.91 Å². The number of nitrogens with zero attached hydrogens (tertiary/aromatic N) is 1. The molecule has 0 heterocycles. The molecule has 1 aromatic rings. The highest BCUT2D eigenvalue weighted by Crippen LogP contribution is 2.13. The Morgan fingerprint density at radius 1 is 1.30 bits per heavy atom. The lowest BCUT2D eigenvalue weighted by molar-refractivity contribution is -0.122. The Kier molecular flexibility index (Phi) is 6.17. The van der Waals surface area contributed by atoms with E-state index < -0.39 is 0 Å². The zero-order valence-corrected chi connectivity index (χ0v) is 13.1. The van der Waals surface area contributed by atoms with Crippen LogP contribution in [0.3, 0.4) is 0 Å². The van der Waals surface area contributed by atoms with Crippen molar-refractivity contribution in [1.82, 2.24) is 10.2 Å². The second-order valence-corrected chi connectivity index (χ2v) is 6.30. The van der Waals surface area contributed by atoms with Crippen LogP contribution in [0.25, 0.3) is 0 Å². The van der Waals surface area contributed by atoms with Crippen molar-refractivity contribution in [2.45, 2.75) is 27.3 Å². The normalized spacial score (nSPS) is 11.7. The topological polar surface area (TPSA) is 58.4 Å². The Balaban J connectivity index is 2.34. The van der Waals surface area contributed by atoms with E-state index in [0.717, 1.165) is 12.1 Å². The number of carbonyl (C=O) groups is 1. The molecule has 0 aliphatic carbocycles. The van der Waals surface area contributed by atoms with Crippen molar-refractivity contribution in [2.24, 2.45) is 11.1 Å². The first-order valence-corrected chi connectivity index (χ1v) is 7.03. The number of benzene rings is 1. The Labute approximate surface area is 122 Å². The largest absolute Gasteiger partial charge is 0.351 e. The summed E-state index contributed by atoms with van der Waals surface area (Å²) in [6.07, 6.45) is 0. The average Bonchev–Trinajstić information content (AvgIpc) is 2.37. The van der Waals surface area contributed by atoms with Gasteiger partial charge in [-0.3, -0.25) is 9.69 Å². The van der Waals surface area contributed by atoms with E-state index in [1.807, 2.05) is 24.1 Å². The second kappa shape index (κ2) is 7.41. The zero-order chi connectivity index (χ0) is 15.2. The molecule has 1 amide bonds. The number of likely N-dealkylation sites (N-methyl/N-ethyl adjacent to an activating group) is 1. The lowest BCUT2D eigenvalue weighted by atomic mass is 9.93. The zero-order valence-electron chi connectivity index (χ0n) is 13.1. The molecule has 3 N–H and O–H groups in total. The van der Waals surface area contributed by atoms with E-state index in [2.05, 4.69) is 38.2 Å². The van der Waals surface area contributed by atoms with Gasteiger partial charge in [0.2, 0.25) is 5.91 Å². The summed E-state index contributed by atoms with van der Waals surface area (Å²) in [6, 6.07) is 8.18. The minimum atomic E-state index is 0.0337. The van der Waals surface area contributed by atoms with Crippen molar-refractivity contribution in [3.63, 3.8) is 0 Å². The fraction of sp³-hybridized carbons (Fsp3) is 0.562. The highest BCUT2D eigenvalue weighted by Gasteiger charge is 2.19. The molecule has 0 aromatic heterocycles. The number of rotatable bonds is 7. The van der Waals surface area contributed by atoms with Crippen molar-refractivity contribution in [3.05, 3.63) is 35.4 Å². The fourth-order valence-electron chi connectivity index (χ4n) is 2.06. The number of hydrogen-bond donors (Lipinski definition) is 2. The van der Waals surface area contributed by atoms with Crippen LogP contribution < -0.4 is 11.1 Å². The van der Waals surface area contributed by atoms with Crippen LogP contribution in [0.5, 0.6) is 0 Å². The molecule has 20 heavy (non-hydrogen) atoms. The van der Waals surface area contributed by atoms with Crippen LogP contribution in [0.15, 0.2) is 24.3 Å². The van der Waals surface area contributed by atoms with E-state index in [9.17, 15) is 4.79 Å². The second-order valence-electron chi connectivity index (χ2n) is 6.30. The smallest absolute Gasteiger partial charge is 0.234 e. The SMILES string of the molecule is Cc1ccc(CNC(=O)CN(C)CC(C)(C)CN)cc1. The molecule has 0 fully saturated rings. The summed E-state index contributed by atoms with van der Waals surface area (Å²) >= 11 is 0. The summed E-state index contributed by atoms with van der Waals surface area (Å²) in [6.45, 7) is 8.66. The molecule has 0 spiro atoms. The van der Waals surface area contributed by atoms with Crippen molar-refractivity contribution in [2.75, 3.05) is 26.7 Å². The summed E-state index contributed by atoms with van der Waals surface area (Å²) in [4.78, 5) is 13.9. The maximum Gasteiger partial charge on any atom is 0.234 e. The van der Waals surface area contributed by atoms with E-state index in [1.54, 1.807) is 0 Å². The third kappa shape index (κ3) is 6.17. The summed E-state index contributed by atoms with van der Waals surface area (Å²) in [5.41, 5.74) is 8.08. The Morgan fingerprint density at radius 2 is 1.90 bits per heavy atom. The first kappa shape index (κ1) is 16.7. The summed E-state index contributed by atoms with van der Waals surface area (Å²) < 4.78 is 0. The number of aryl methyl sites for hydroxylation is 1. The van der Waals surface area contributed by atoms with Crippen molar-refractivity contribution in [1.29, 1.82) is 0 Å². The van der Waals surface area contributed by atoms with Gasteiger partial charge < -0.3 is 11.1 Å². The van der Waals surface area contributed by atoms with Gasteiger partial charge in [0.15, 0.2) is 0 Å². The molecule has 0 radical (unpaired) electrons. The number of hydrogen-bond acceptors (Lipinski definition) is 3. The molecular weight excluding hydrogens is 250 g/mol. The van der Waals surface area contributed by atoms with Gasteiger partial charge in [-0.2, -0.15) is 0 Å². The lowest BCUT2D eigenvalue weighted by Crippen LogP contribution is -2.41. The van der Waals surface area contributed by atoms with Gasteiger partial charge in [-0.25, -0.2) is 0 Å². The maximum atomic E-state index is 11.9. The molecule has 4 heteroatoms. The van der Waals surface area contributed by atoms with Gasteiger partial charge in [-0.15, -0.1) is 0 Å². The van der Waals surface area contributed by atoms with E-state index in [4.69, 9.17) is 5.73 Å². The number of nitrogens with one attached hydrogen (secondary N) is 1. The standard InChI is InChI=1S/C16H27N3O/c1-13-5-7-14(8-6-13)9-18-15(20)10-19(4)12-16(2,3)11-17/h5-8H,9-12,17H2,1-4H3,(H,18,20). The van der Waals surface area contributed by atoms with Crippen molar-refractivity contribution in [3.8, 4) is 0 Å². The predicted octanol–water partition coefficient (Wildman–Crippen LogP) is 1.53. The van der Waals surface area contributed by atoms with Crippen molar-refractivity contribution < 1.29 is 4.79 Å². The molecule has 0 saturated heterocycles. The van der Waals surface area contributed by atoms with Gasteiger partial charge in [-0.05, 0) is 31.5 Å². The molecule has 0 aliphatic rings. The minimum absolute atomic E-state index is 0.0337. The van der Waals surface area contributed by atoms with Crippen LogP contribution in [0, 0.1) is 12.3 Å². The summed E-state index contributed by atoms with van der Waals surface area (Å²) in [7, 11) is 1.95. The van der Waals surface area contributed by atoms with Crippen LogP contribution in [0.4, 0.5) is 0 Å². The third-order valence-corrected chi connectivity index (χ3v) is 3.27. The van der Waals surface area contributed by atoms with Gasteiger partial charge in [0, 0.05) is 13.1 Å². The van der Waals surface area contributed by atoms with Crippen LogP contribution in [0.1, 0.15) is 25.0 Å². The molecule has 0 aliphatic heterocycles. The summed E-state index contributed by atoms with van der Waals surface area (Å²) in [5, 5.41) is 2.94. The van der Waals surface area contributed by atoms with Gasteiger partial charge >= 0.3 is 0 Å². The molecular formula is C16H27N3O. The molecule has 0 bridgehead atoms. The van der Waals surface area contributed by atoms with E-state index >= 15 is 0 Å². The lowest BCUT2D eigenvalue weighted by Gasteiger charge is -2.28. The third-order valence-electron chi connectivity index (χ3n) is 3.27. The predicted molar refractivity (Wildman–Crippen MR) is 83.4 cm³/mol. The summed E-state index contributed by atoms with van der Waals surface area (Å²) in [5.74, 6) is 0.0425. The van der Waals surface area contributed by atoms with E-state index in [0.29, 0.717) is 19.6 Å². The monoisotopic (exact) mass is 277 g/mol. The van der Waals surface area contributed by atoms with E-state index in [1.165, 1.54) is 5.56 Å². The highest BCUT2D eigenvalue weighted by molar-refractivity contribution is 5.77. The van der Waals surface area contributed by atoms with Gasteiger partial charge in [0.05, 0.1) is 6.54 Å². The number of carbonyl (C=O) groups excluding carboxylic acids is 1. The van der Waals surface area contributed by atoms with Crippen LogP contribution in [-0.2, 0) is 11.3 Å². The quantitative estimate of drug-likeness (QED) is 0.794. The molecule has 0 saturated carbocycles. The molecule has 0 atom stereocenters. The van der Waals surface area contributed by atoms with Crippen LogP contribution in [0.2, 0.25) is 0 Å². The maximum absolute atomic E-state index is 11.9. The molecule has 112 valence electrons. The molecule has 1 rings (SSSR count). The molecule has 0 unspecified atom stereocenters. The number of nitrogens with two attached hydrogens (primary N) is 1.